The fourth-order valence-corrected chi connectivity index (χ4v) is 1.80. The van der Waals surface area contributed by atoms with E-state index in [9.17, 15) is 4.79 Å². The fraction of sp³-hybridized carbons (Fsp3) is 0.636. The summed E-state index contributed by atoms with van der Waals surface area (Å²) in [6, 6.07) is 0. The SMILES string of the molecule is [B]c1nc2c([nH]1)CN(C(=O)OC(C)(C)C)CC2. The van der Waals surface area contributed by atoms with E-state index in [0.29, 0.717) is 25.2 Å². The summed E-state index contributed by atoms with van der Waals surface area (Å²) >= 11 is 0. The molecule has 1 amide bonds. The molecule has 0 atom stereocenters. The molecule has 1 aromatic heterocycles. The molecule has 1 N–H and O–H groups in total. The van der Waals surface area contributed by atoms with E-state index >= 15 is 0 Å². The third-order valence-corrected chi connectivity index (χ3v) is 2.50. The van der Waals surface area contributed by atoms with Crippen molar-refractivity contribution in [2.75, 3.05) is 6.54 Å². The molecule has 0 fully saturated rings. The first kappa shape index (κ1) is 12.0. The van der Waals surface area contributed by atoms with E-state index in [1.807, 2.05) is 20.8 Å². The third kappa shape index (κ3) is 2.81. The van der Waals surface area contributed by atoms with E-state index in [1.165, 1.54) is 0 Å². The van der Waals surface area contributed by atoms with Crippen molar-refractivity contribution in [2.45, 2.75) is 39.3 Å². The van der Waals surface area contributed by atoms with Gasteiger partial charge < -0.3 is 14.6 Å². The highest BCUT2D eigenvalue weighted by Crippen LogP contribution is 2.17. The minimum Gasteiger partial charge on any atom is -0.444 e. The number of carbonyl (C=O) groups is 1. The Hall–Kier alpha value is -1.46. The lowest BCUT2D eigenvalue weighted by Crippen LogP contribution is -2.39. The highest BCUT2D eigenvalue weighted by molar-refractivity contribution is 6.29. The first-order chi connectivity index (χ1) is 7.85. The Morgan fingerprint density at radius 1 is 1.53 bits per heavy atom. The van der Waals surface area contributed by atoms with E-state index in [4.69, 9.17) is 12.6 Å². The maximum absolute atomic E-state index is 11.9. The zero-order valence-electron chi connectivity index (χ0n) is 10.4. The summed E-state index contributed by atoms with van der Waals surface area (Å²) in [5, 5.41) is 0. The Labute approximate surface area is 102 Å². The van der Waals surface area contributed by atoms with Crippen molar-refractivity contribution in [1.82, 2.24) is 14.9 Å². The van der Waals surface area contributed by atoms with E-state index in [2.05, 4.69) is 9.97 Å². The Bertz CT molecular complexity index is 436. The van der Waals surface area contributed by atoms with Crippen molar-refractivity contribution in [3.63, 3.8) is 0 Å². The fourth-order valence-electron chi connectivity index (χ4n) is 1.80. The number of carbonyl (C=O) groups excluding carboxylic acids is 1. The zero-order chi connectivity index (χ0) is 12.6. The van der Waals surface area contributed by atoms with E-state index in [1.54, 1.807) is 4.90 Å². The second-order valence-electron chi connectivity index (χ2n) is 5.20. The Balaban J connectivity index is 2.05. The maximum Gasteiger partial charge on any atom is 0.410 e. The topological polar surface area (TPSA) is 58.2 Å². The van der Waals surface area contributed by atoms with Crippen LogP contribution in [-0.2, 0) is 17.7 Å². The molecule has 5 nitrogen and oxygen atoms in total. The molecule has 2 radical (unpaired) electrons. The van der Waals surface area contributed by atoms with Gasteiger partial charge >= 0.3 is 6.09 Å². The molecule has 1 aliphatic heterocycles. The average Bonchev–Trinajstić information content (AvgIpc) is 2.53. The van der Waals surface area contributed by atoms with Gasteiger partial charge in [-0.05, 0) is 20.8 Å². The van der Waals surface area contributed by atoms with Gasteiger partial charge in [0.15, 0.2) is 7.85 Å². The average molecular weight is 233 g/mol. The molecule has 6 heteroatoms. The molecule has 17 heavy (non-hydrogen) atoms. The van der Waals surface area contributed by atoms with Gasteiger partial charge in [0, 0.05) is 18.7 Å². The smallest absolute Gasteiger partial charge is 0.410 e. The molecule has 0 saturated heterocycles. The number of fused-ring (bicyclic) bond motifs is 1. The molecule has 1 aliphatic rings. The standard InChI is InChI=1S/C11H16BN3O2/c1-11(2,3)17-10(16)15-5-4-7-8(6-15)14-9(12)13-7/h4-6H2,1-3H3,(H,13,14). The summed E-state index contributed by atoms with van der Waals surface area (Å²) in [6.45, 7) is 6.66. The molecule has 1 aromatic rings. The lowest BCUT2D eigenvalue weighted by atomic mass is 10.1. The van der Waals surface area contributed by atoms with Crippen LogP contribution in [0.1, 0.15) is 32.2 Å². The Kier molecular flexibility index (Phi) is 2.89. The highest BCUT2D eigenvalue weighted by Gasteiger charge is 2.26. The normalized spacial score (nSPS) is 15.6. The molecular weight excluding hydrogens is 217 g/mol. The van der Waals surface area contributed by atoms with Gasteiger partial charge in [0.1, 0.15) is 5.60 Å². The second-order valence-corrected chi connectivity index (χ2v) is 5.20. The number of aromatic nitrogens is 2. The molecule has 2 rings (SSSR count). The maximum atomic E-state index is 11.9. The summed E-state index contributed by atoms with van der Waals surface area (Å²) in [5.74, 6) is 0. The summed E-state index contributed by atoms with van der Waals surface area (Å²) in [4.78, 5) is 20.7. The van der Waals surface area contributed by atoms with Crippen LogP contribution in [-0.4, -0.2) is 41.0 Å². The zero-order valence-corrected chi connectivity index (χ0v) is 10.4. The summed E-state index contributed by atoms with van der Waals surface area (Å²) in [5.41, 5.74) is 1.78. The minimum atomic E-state index is -0.468. The molecule has 0 spiro atoms. The van der Waals surface area contributed by atoms with Crippen LogP contribution < -0.4 is 5.72 Å². The monoisotopic (exact) mass is 233 g/mol. The van der Waals surface area contributed by atoms with Crippen molar-refractivity contribution in [2.24, 2.45) is 0 Å². The van der Waals surface area contributed by atoms with Crippen LogP contribution in [0.5, 0.6) is 0 Å². The van der Waals surface area contributed by atoms with Crippen molar-refractivity contribution >= 4 is 19.7 Å². The van der Waals surface area contributed by atoms with Crippen molar-refractivity contribution in [3.8, 4) is 0 Å². The number of H-pyrrole nitrogens is 1. The lowest BCUT2D eigenvalue weighted by Gasteiger charge is -2.29. The molecule has 0 bridgehead atoms. The van der Waals surface area contributed by atoms with Crippen LogP contribution in [0.15, 0.2) is 0 Å². The van der Waals surface area contributed by atoms with Crippen molar-refractivity contribution in [1.29, 1.82) is 0 Å². The first-order valence-electron chi connectivity index (χ1n) is 5.66. The van der Waals surface area contributed by atoms with Crippen LogP contribution in [0.25, 0.3) is 0 Å². The number of nitrogens with one attached hydrogen (secondary N) is 1. The van der Waals surface area contributed by atoms with Crippen LogP contribution in [0.4, 0.5) is 4.79 Å². The molecule has 0 aromatic carbocycles. The minimum absolute atomic E-state index is 0.295. The molecular formula is C11H16BN3O2. The number of hydrogen-bond donors (Lipinski definition) is 1. The van der Waals surface area contributed by atoms with Crippen molar-refractivity contribution in [3.05, 3.63) is 11.4 Å². The second kappa shape index (κ2) is 4.09. The third-order valence-electron chi connectivity index (χ3n) is 2.50. The van der Waals surface area contributed by atoms with E-state index in [-0.39, 0.29) is 6.09 Å². The van der Waals surface area contributed by atoms with Crippen molar-refractivity contribution < 1.29 is 9.53 Å². The number of amides is 1. The molecule has 90 valence electrons. The van der Waals surface area contributed by atoms with Crippen LogP contribution >= 0.6 is 0 Å². The highest BCUT2D eigenvalue weighted by atomic mass is 16.6. The van der Waals surface area contributed by atoms with Gasteiger partial charge in [0.25, 0.3) is 0 Å². The van der Waals surface area contributed by atoms with Gasteiger partial charge in [-0.3, -0.25) is 4.98 Å². The number of imidazole rings is 1. The summed E-state index contributed by atoms with van der Waals surface area (Å²) in [6.07, 6.45) is 0.416. The van der Waals surface area contributed by atoms with Crippen LogP contribution in [0.3, 0.4) is 0 Å². The van der Waals surface area contributed by atoms with Gasteiger partial charge in [-0.1, -0.05) is 0 Å². The largest absolute Gasteiger partial charge is 0.444 e. The number of hydrogen-bond acceptors (Lipinski definition) is 3. The number of rotatable bonds is 0. The van der Waals surface area contributed by atoms with Gasteiger partial charge in [0.05, 0.1) is 17.9 Å². The Morgan fingerprint density at radius 3 is 2.88 bits per heavy atom. The van der Waals surface area contributed by atoms with Gasteiger partial charge in [-0.2, -0.15) is 0 Å². The van der Waals surface area contributed by atoms with Gasteiger partial charge in [0.2, 0.25) is 0 Å². The van der Waals surface area contributed by atoms with Gasteiger partial charge in [-0.15, -0.1) is 0 Å². The van der Waals surface area contributed by atoms with Gasteiger partial charge in [-0.25, -0.2) is 4.79 Å². The van der Waals surface area contributed by atoms with Crippen LogP contribution in [0.2, 0.25) is 0 Å². The first-order valence-corrected chi connectivity index (χ1v) is 5.66. The lowest BCUT2D eigenvalue weighted by molar-refractivity contribution is 0.0221. The number of nitrogens with zero attached hydrogens (tertiary/aromatic N) is 2. The van der Waals surface area contributed by atoms with E-state index < -0.39 is 5.60 Å². The summed E-state index contributed by atoms with van der Waals surface area (Å²) in [7, 11) is 5.58. The molecule has 0 saturated carbocycles. The molecule has 0 unspecified atom stereocenters. The quantitative estimate of drug-likeness (QED) is 0.663. The number of ether oxygens (including phenoxy) is 1. The molecule has 0 aliphatic carbocycles. The Morgan fingerprint density at radius 2 is 2.24 bits per heavy atom. The predicted molar refractivity (Wildman–Crippen MR) is 64.3 cm³/mol. The van der Waals surface area contributed by atoms with E-state index in [0.717, 1.165) is 11.4 Å². The number of aromatic amines is 1. The predicted octanol–water partition coefficient (Wildman–Crippen LogP) is 0.497. The molecule has 2 heterocycles. The van der Waals surface area contributed by atoms with Crippen LogP contribution in [0, 0.1) is 0 Å². The summed E-state index contributed by atoms with van der Waals surface area (Å²) < 4.78 is 5.32.